The lowest BCUT2D eigenvalue weighted by Crippen LogP contribution is -2.47. The summed E-state index contributed by atoms with van der Waals surface area (Å²) in [5.41, 5.74) is 6.87. The molecule has 20 heavy (non-hydrogen) atoms. The van der Waals surface area contributed by atoms with Crippen LogP contribution in [0.15, 0.2) is 18.2 Å². The maximum atomic E-state index is 12.5. The van der Waals surface area contributed by atoms with Gasteiger partial charge in [-0.2, -0.15) is 0 Å². The standard InChI is InChI=1S/C15H20Cl2N2O/c1-9(2)14(18)15(20)19(12-4-5-12)8-10-7-11(16)3-6-13(10)17/h3,6-7,9,12,14H,4-5,8,18H2,1-2H3. The highest BCUT2D eigenvalue weighted by atomic mass is 35.5. The molecule has 1 saturated carbocycles. The van der Waals surface area contributed by atoms with E-state index >= 15 is 0 Å². The fraction of sp³-hybridized carbons (Fsp3) is 0.533. The fourth-order valence-electron chi connectivity index (χ4n) is 2.10. The van der Waals surface area contributed by atoms with Crippen LogP contribution in [0.4, 0.5) is 0 Å². The minimum atomic E-state index is -0.464. The summed E-state index contributed by atoms with van der Waals surface area (Å²) in [6, 6.07) is 5.15. The zero-order chi connectivity index (χ0) is 14.9. The molecular formula is C15H20Cl2N2O. The highest BCUT2D eigenvalue weighted by molar-refractivity contribution is 6.33. The van der Waals surface area contributed by atoms with Gasteiger partial charge < -0.3 is 10.6 Å². The van der Waals surface area contributed by atoms with Gasteiger partial charge in [0.05, 0.1) is 6.04 Å². The molecule has 1 atom stereocenters. The number of carbonyl (C=O) groups excluding carboxylic acids is 1. The molecule has 1 amide bonds. The molecule has 0 aromatic heterocycles. The van der Waals surface area contributed by atoms with E-state index in [1.54, 1.807) is 12.1 Å². The Kier molecular flexibility index (Phi) is 4.95. The van der Waals surface area contributed by atoms with Crippen LogP contribution in [-0.4, -0.2) is 22.9 Å². The number of hydrogen-bond acceptors (Lipinski definition) is 2. The number of nitrogens with two attached hydrogens (primary N) is 1. The normalized spacial score (nSPS) is 16.3. The Balaban J connectivity index is 2.17. The van der Waals surface area contributed by atoms with Gasteiger partial charge in [0.25, 0.3) is 0 Å². The van der Waals surface area contributed by atoms with Crippen LogP contribution in [0.25, 0.3) is 0 Å². The first-order chi connectivity index (χ1) is 9.40. The average Bonchev–Trinajstić information content (AvgIpc) is 3.22. The van der Waals surface area contributed by atoms with Crippen LogP contribution in [0.2, 0.25) is 10.0 Å². The van der Waals surface area contributed by atoms with E-state index in [0.717, 1.165) is 18.4 Å². The minimum Gasteiger partial charge on any atom is -0.334 e. The third-order valence-electron chi connectivity index (χ3n) is 3.62. The predicted molar refractivity (Wildman–Crippen MR) is 82.8 cm³/mol. The molecular weight excluding hydrogens is 295 g/mol. The van der Waals surface area contributed by atoms with Gasteiger partial charge in [0.1, 0.15) is 0 Å². The largest absolute Gasteiger partial charge is 0.334 e. The SMILES string of the molecule is CC(C)C(N)C(=O)N(Cc1cc(Cl)ccc1Cl)C1CC1. The van der Waals surface area contributed by atoms with Crippen molar-refractivity contribution in [2.45, 2.75) is 45.3 Å². The molecule has 1 fully saturated rings. The Morgan fingerprint density at radius 3 is 2.60 bits per heavy atom. The lowest BCUT2D eigenvalue weighted by atomic mass is 10.0. The fourth-order valence-corrected chi connectivity index (χ4v) is 2.47. The molecule has 1 unspecified atom stereocenters. The molecule has 1 aliphatic carbocycles. The highest BCUT2D eigenvalue weighted by Crippen LogP contribution is 2.31. The number of rotatable bonds is 5. The third kappa shape index (κ3) is 3.66. The summed E-state index contributed by atoms with van der Waals surface area (Å²) >= 11 is 12.2. The Morgan fingerprint density at radius 2 is 2.05 bits per heavy atom. The van der Waals surface area contributed by atoms with Crippen molar-refractivity contribution in [1.82, 2.24) is 4.90 Å². The molecule has 0 heterocycles. The van der Waals surface area contributed by atoms with Gasteiger partial charge in [-0.15, -0.1) is 0 Å². The summed E-state index contributed by atoms with van der Waals surface area (Å²) in [6.45, 7) is 4.39. The minimum absolute atomic E-state index is 0.00135. The van der Waals surface area contributed by atoms with Gasteiger partial charge in [-0.05, 0) is 42.5 Å². The van der Waals surface area contributed by atoms with Crippen LogP contribution in [0.1, 0.15) is 32.3 Å². The second-order valence-electron chi connectivity index (χ2n) is 5.70. The lowest BCUT2D eigenvalue weighted by molar-refractivity contribution is -0.134. The van der Waals surface area contributed by atoms with Crippen LogP contribution in [-0.2, 0) is 11.3 Å². The molecule has 0 radical (unpaired) electrons. The van der Waals surface area contributed by atoms with E-state index in [2.05, 4.69) is 0 Å². The monoisotopic (exact) mass is 314 g/mol. The predicted octanol–water partition coefficient (Wildman–Crippen LogP) is 3.47. The Labute approximate surface area is 130 Å². The van der Waals surface area contributed by atoms with Crippen LogP contribution in [0.5, 0.6) is 0 Å². The molecule has 0 aliphatic heterocycles. The smallest absolute Gasteiger partial charge is 0.240 e. The summed E-state index contributed by atoms with van der Waals surface area (Å²) in [5, 5.41) is 1.26. The number of hydrogen-bond donors (Lipinski definition) is 1. The van der Waals surface area contributed by atoms with E-state index in [1.807, 2.05) is 24.8 Å². The van der Waals surface area contributed by atoms with Crippen molar-refractivity contribution < 1.29 is 4.79 Å². The maximum absolute atomic E-state index is 12.5. The van der Waals surface area contributed by atoms with Crippen LogP contribution < -0.4 is 5.73 Å². The van der Waals surface area contributed by atoms with Gasteiger partial charge in [0.2, 0.25) is 5.91 Å². The Morgan fingerprint density at radius 1 is 1.40 bits per heavy atom. The molecule has 1 aromatic carbocycles. The van der Waals surface area contributed by atoms with E-state index in [1.165, 1.54) is 0 Å². The number of carbonyl (C=O) groups is 1. The number of halogens is 2. The summed E-state index contributed by atoms with van der Waals surface area (Å²) in [7, 11) is 0. The maximum Gasteiger partial charge on any atom is 0.240 e. The lowest BCUT2D eigenvalue weighted by Gasteiger charge is -2.27. The van der Waals surface area contributed by atoms with Gasteiger partial charge in [0, 0.05) is 22.6 Å². The molecule has 2 N–H and O–H groups in total. The molecule has 110 valence electrons. The topological polar surface area (TPSA) is 46.3 Å². The van der Waals surface area contributed by atoms with Crippen LogP contribution in [0, 0.1) is 5.92 Å². The molecule has 1 aromatic rings. The zero-order valence-corrected chi connectivity index (χ0v) is 13.3. The van der Waals surface area contributed by atoms with Gasteiger partial charge >= 0.3 is 0 Å². The zero-order valence-electron chi connectivity index (χ0n) is 11.8. The van der Waals surface area contributed by atoms with Crippen molar-refractivity contribution in [1.29, 1.82) is 0 Å². The van der Waals surface area contributed by atoms with Crippen molar-refractivity contribution >= 4 is 29.1 Å². The van der Waals surface area contributed by atoms with Crippen LogP contribution in [0.3, 0.4) is 0 Å². The van der Waals surface area contributed by atoms with E-state index in [-0.39, 0.29) is 11.8 Å². The number of nitrogens with zero attached hydrogens (tertiary/aromatic N) is 1. The molecule has 0 spiro atoms. The van der Waals surface area contributed by atoms with Gasteiger partial charge in [-0.1, -0.05) is 37.0 Å². The van der Waals surface area contributed by atoms with Gasteiger partial charge in [0.15, 0.2) is 0 Å². The van der Waals surface area contributed by atoms with Crippen molar-refractivity contribution in [3.05, 3.63) is 33.8 Å². The quantitative estimate of drug-likeness (QED) is 0.904. The third-order valence-corrected chi connectivity index (χ3v) is 4.23. The first-order valence-corrected chi connectivity index (χ1v) is 7.65. The van der Waals surface area contributed by atoms with E-state index in [0.29, 0.717) is 22.6 Å². The summed E-state index contributed by atoms with van der Waals surface area (Å²) in [5.74, 6) is 0.122. The highest BCUT2D eigenvalue weighted by Gasteiger charge is 2.35. The van der Waals surface area contributed by atoms with Crippen molar-refractivity contribution in [3.8, 4) is 0 Å². The number of benzene rings is 1. The van der Waals surface area contributed by atoms with E-state index < -0.39 is 6.04 Å². The van der Waals surface area contributed by atoms with Gasteiger partial charge in [-0.3, -0.25) is 4.79 Å². The van der Waals surface area contributed by atoms with Crippen molar-refractivity contribution in [2.75, 3.05) is 0 Å². The van der Waals surface area contributed by atoms with E-state index in [4.69, 9.17) is 28.9 Å². The summed E-state index contributed by atoms with van der Waals surface area (Å²) < 4.78 is 0. The first kappa shape index (κ1) is 15.6. The second-order valence-corrected chi connectivity index (χ2v) is 6.55. The molecule has 5 heteroatoms. The molecule has 1 aliphatic rings. The van der Waals surface area contributed by atoms with E-state index in [9.17, 15) is 4.79 Å². The Bertz CT molecular complexity index is 501. The second kappa shape index (κ2) is 6.33. The van der Waals surface area contributed by atoms with Crippen LogP contribution >= 0.6 is 23.2 Å². The molecule has 3 nitrogen and oxygen atoms in total. The summed E-state index contributed by atoms with van der Waals surface area (Å²) in [4.78, 5) is 14.3. The first-order valence-electron chi connectivity index (χ1n) is 6.90. The number of amides is 1. The van der Waals surface area contributed by atoms with Crippen molar-refractivity contribution in [3.63, 3.8) is 0 Å². The summed E-state index contributed by atoms with van der Waals surface area (Å²) in [6.07, 6.45) is 2.07. The molecule has 0 bridgehead atoms. The van der Waals surface area contributed by atoms with Crippen molar-refractivity contribution in [2.24, 2.45) is 11.7 Å². The average molecular weight is 315 g/mol. The molecule has 0 saturated heterocycles. The Hall–Kier alpha value is -0.770. The van der Waals surface area contributed by atoms with Gasteiger partial charge in [-0.25, -0.2) is 0 Å². The molecule has 2 rings (SSSR count).